The van der Waals surface area contributed by atoms with Crippen LogP contribution in [0.15, 0.2) is 30.5 Å². The SMILES string of the molecule is c1ccc2nc(C3CN4CCC3CC4)cnc2c1. The first-order chi connectivity index (χ1) is 8.90. The second-order valence-corrected chi connectivity index (χ2v) is 5.53. The Kier molecular flexibility index (Phi) is 2.33. The predicted octanol–water partition coefficient (Wildman–Crippen LogP) is 2.44. The maximum absolute atomic E-state index is 4.83. The molecule has 2 aromatic rings. The Bertz CT molecular complexity index is 573. The van der Waals surface area contributed by atoms with E-state index >= 15 is 0 Å². The first kappa shape index (κ1) is 10.4. The third-order valence-electron chi connectivity index (χ3n) is 4.50. The molecule has 0 N–H and O–H groups in total. The molecule has 3 nitrogen and oxygen atoms in total. The molecule has 92 valence electrons. The van der Waals surface area contributed by atoms with Gasteiger partial charge in [0, 0.05) is 18.7 Å². The molecule has 1 unspecified atom stereocenters. The van der Waals surface area contributed by atoms with E-state index in [4.69, 9.17) is 4.98 Å². The Balaban J connectivity index is 1.74. The highest BCUT2D eigenvalue weighted by Crippen LogP contribution is 2.38. The summed E-state index contributed by atoms with van der Waals surface area (Å²) in [6.07, 6.45) is 4.66. The minimum atomic E-state index is 0.601. The number of aromatic nitrogens is 2. The highest BCUT2D eigenvalue weighted by Gasteiger charge is 2.35. The number of benzene rings is 1. The van der Waals surface area contributed by atoms with Crippen LogP contribution in [-0.2, 0) is 0 Å². The molecule has 0 aliphatic carbocycles. The second kappa shape index (κ2) is 4.02. The first-order valence-corrected chi connectivity index (χ1v) is 6.84. The maximum atomic E-state index is 4.83. The summed E-state index contributed by atoms with van der Waals surface area (Å²) in [6.45, 7) is 3.74. The summed E-state index contributed by atoms with van der Waals surface area (Å²) in [5.41, 5.74) is 3.23. The molecular formula is C15H17N3. The lowest BCUT2D eigenvalue weighted by atomic mass is 9.77. The van der Waals surface area contributed by atoms with Crippen LogP contribution in [0, 0.1) is 5.92 Å². The van der Waals surface area contributed by atoms with Gasteiger partial charge in [-0.15, -0.1) is 0 Å². The first-order valence-electron chi connectivity index (χ1n) is 6.84. The largest absolute Gasteiger partial charge is 0.303 e. The molecule has 3 fully saturated rings. The summed E-state index contributed by atoms with van der Waals surface area (Å²) in [5, 5.41) is 0. The topological polar surface area (TPSA) is 29.0 Å². The zero-order valence-corrected chi connectivity index (χ0v) is 10.4. The summed E-state index contributed by atoms with van der Waals surface area (Å²) in [7, 11) is 0. The standard InChI is InChI=1S/C15H17N3/c1-2-4-14-13(3-1)16-9-15(17-14)12-10-18-7-5-11(12)6-8-18/h1-4,9,11-12H,5-8,10H2. The van der Waals surface area contributed by atoms with Gasteiger partial charge in [0.15, 0.2) is 0 Å². The average Bonchev–Trinajstić information content (AvgIpc) is 2.48. The van der Waals surface area contributed by atoms with Crippen molar-refractivity contribution >= 4 is 11.0 Å². The van der Waals surface area contributed by atoms with E-state index in [2.05, 4.69) is 16.0 Å². The van der Waals surface area contributed by atoms with Gasteiger partial charge in [-0.2, -0.15) is 0 Å². The molecule has 0 amide bonds. The third-order valence-corrected chi connectivity index (χ3v) is 4.50. The molecule has 2 bridgehead atoms. The van der Waals surface area contributed by atoms with E-state index in [9.17, 15) is 0 Å². The molecule has 0 saturated carbocycles. The highest BCUT2D eigenvalue weighted by molar-refractivity contribution is 5.73. The molecule has 1 aromatic heterocycles. The number of fused-ring (bicyclic) bond motifs is 4. The normalized spacial score (nSPS) is 30.8. The fourth-order valence-electron chi connectivity index (χ4n) is 3.45. The molecule has 0 spiro atoms. The van der Waals surface area contributed by atoms with Crippen LogP contribution in [0.25, 0.3) is 11.0 Å². The molecular weight excluding hydrogens is 222 g/mol. The van der Waals surface area contributed by atoms with Gasteiger partial charge in [0.1, 0.15) is 0 Å². The predicted molar refractivity (Wildman–Crippen MR) is 71.4 cm³/mol. The lowest BCUT2D eigenvalue weighted by molar-refractivity contribution is 0.0854. The fourth-order valence-corrected chi connectivity index (χ4v) is 3.45. The van der Waals surface area contributed by atoms with Crippen molar-refractivity contribution in [3.8, 4) is 0 Å². The van der Waals surface area contributed by atoms with E-state index in [1.807, 2.05) is 24.4 Å². The van der Waals surface area contributed by atoms with Crippen molar-refractivity contribution < 1.29 is 0 Å². The minimum Gasteiger partial charge on any atom is -0.303 e. The monoisotopic (exact) mass is 239 g/mol. The zero-order chi connectivity index (χ0) is 11.9. The van der Waals surface area contributed by atoms with E-state index in [1.54, 1.807) is 0 Å². The van der Waals surface area contributed by atoms with Gasteiger partial charge in [0.2, 0.25) is 0 Å². The number of para-hydroxylation sites is 2. The lowest BCUT2D eigenvalue weighted by Gasteiger charge is -2.44. The minimum absolute atomic E-state index is 0.601. The maximum Gasteiger partial charge on any atom is 0.0890 e. The van der Waals surface area contributed by atoms with E-state index in [-0.39, 0.29) is 0 Å². The Hall–Kier alpha value is -1.48. The Labute approximate surface area is 107 Å². The second-order valence-electron chi connectivity index (χ2n) is 5.53. The summed E-state index contributed by atoms with van der Waals surface area (Å²) in [6, 6.07) is 8.15. The smallest absolute Gasteiger partial charge is 0.0890 e. The average molecular weight is 239 g/mol. The molecule has 5 rings (SSSR count). The summed E-state index contributed by atoms with van der Waals surface area (Å²) >= 11 is 0. The number of nitrogens with zero attached hydrogens (tertiary/aromatic N) is 3. The van der Waals surface area contributed by atoms with Crippen LogP contribution in [0.5, 0.6) is 0 Å². The van der Waals surface area contributed by atoms with Crippen molar-refractivity contribution in [1.29, 1.82) is 0 Å². The van der Waals surface area contributed by atoms with Crippen molar-refractivity contribution in [2.75, 3.05) is 19.6 Å². The van der Waals surface area contributed by atoms with Gasteiger partial charge < -0.3 is 4.90 Å². The molecule has 3 saturated heterocycles. The Morgan fingerprint density at radius 2 is 1.83 bits per heavy atom. The van der Waals surface area contributed by atoms with Crippen LogP contribution < -0.4 is 0 Å². The molecule has 3 aliphatic heterocycles. The van der Waals surface area contributed by atoms with Crippen molar-refractivity contribution in [3.05, 3.63) is 36.2 Å². The van der Waals surface area contributed by atoms with Crippen molar-refractivity contribution in [2.45, 2.75) is 18.8 Å². The van der Waals surface area contributed by atoms with Crippen LogP contribution in [-0.4, -0.2) is 34.5 Å². The van der Waals surface area contributed by atoms with Crippen molar-refractivity contribution in [1.82, 2.24) is 14.9 Å². The summed E-state index contributed by atoms with van der Waals surface area (Å²) in [4.78, 5) is 12.0. The third kappa shape index (κ3) is 1.62. The molecule has 4 heterocycles. The summed E-state index contributed by atoms with van der Waals surface area (Å²) in [5.74, 6) is 1.43. The highest BCUT2D eigenvalue weighted by atomic mass is 15.1. The number of hydrogen-bond acceptors (Lipinski definition) is 3. The van der Waals surface area contributed by atoms with Crippen molar-refractivity contribution in [3.63, 3.8) is 0 Å². The molecule has 1 atom stereocenters. The molecule has 0 radical (unpaired) electrons. The number of piperidine rings is 3. The lowest BCUT2D eigenvalue weighted by Crippen LogP contribution is -2.46. The Morgan fingerprint density at radius 1 is 1.06 bits per heavy atom. The number of rotatable bonds is 1. The fraction of sp³-hybridized carbons (Fsp3) is 0.467. The van der Waals surface area contributed by atoms with Crippen LogP contribution >= 0.6 is 0 Å². The Morgan fingerprint density at radius 3 is 2.56 bits per heavy atom. The molecule has 1 aromatic carbocycles. The zero-order valence-electron chi connectivity index (χ0n) is 10.4. The van der Waals surface area contributed by atoms with Gasteiger partial charge in [0.05, 0.1) is 16.7 Å². The number of hydrogen-bond donors (Lipinski definition) is 0. The van der Waals surface area contributed by atoms with Gasteiger partial charge in [-0.3, -0.25) is 4.98 Å². The van der Waals surface area contributed by atoms with E-state index in [0.29, 0.717) is 5.92 Å². The van der Waals surface area contributed by atoms with Gasteiger partial charge in [-0.25, -0.2) is 4.98 Å². The quantitative estimate of drug-likeness (QED) is 0.765. The molecule has 3 heteroatoms. The van der Waals surface area contributed by atoms with E-state index in [1.165, 1.54) is 38.2 Å². The van der Waals surface area contributed by atoms with Gasteiger partial charge in [-0.05, 0) is 44.0 Å². The van der Waals surface area contributed by atoms with Crippen LogP contribution in [0.4, 0.5) is 0 Å². The van der Waals surface area contributed by atoms with Crippen LogP contribution in [0.3, 0.4) is 0 Å². The van der Waals surface area contributed by atoms with Crippen LogP contribution in [0.2, 0.25) is 0 Å². The molecule has 3 aliphatic rings. The van der Waals surface area contributed by atoms with Gasteiger partial charge >= 0.3 is 0 Å². The molecule has 18 heavy (non-hydrogen) atoms. The van der Waals surface area contributed by atoms with E-state index < -0.39 is 0 Å². The van der Waals surface area contributed by atoms with Gasteiger partial charge in [-0.1, -0.05) is 12.1 Å². The summed E-state index contributed by atoms with van der Waals surface area (Å²) < 4.78 is 0. The van der Waals surface area contributed by atoms with Gasteiger partial charge in [0.25, 0.3) is 0 Å². The van der Waals surface area contributed by atoms with E-state index in [0.717, 1.165) is 17.0 Å². The van der Waals surface area contributed by atoms with Crippen molar-refractivity contribution in [2.24, 2.45) is 5.92 Å². The van der Waals surface area contributed by atoms with Crippen LogP contribution in [0.1, 0.15) is 24.5 Å².